The van der Waals surface area contributed by atoms with E-state index in [1.807, 2.05) is 13.8 Å². The molecule has 0 bridgehead atoms. The summed E-state index contributed by atoms with van der Waals surface area (Å²) in [6.45, 7) is 3.46. The van der Waals surface area contributed by atoms with Gasteiger partial charge >= 0.3 is 5.97 Å². The third-order valence-corrected chi connectivity index (χ3v) is 3.13. The van der Waals surface area contributed by atoms with Gasteiger partial charge in [-0.25, -0.2) is 9.78 Å². The van der Waals surface area contributed by atoms with Crippen LogP contribution in [0.3, 0.4) is 0 Å². The number of H-pyrrole nitrogens is 1. The van der Waals surface area contributed by atoms with E-state index in [-0.39, 0.29) is 18.9 Å². The molecular weight excluding hydrogens is 302 g/mol. The molecule has 0 saturated carbocycles. The molecule has 0 aliphatic heterocycles. The predicted molar refractivity (Wildman–Crippen MR) is 82.3 cm³/mol. The number of carbonyl (C=O) groups is 3. The Hall–Kier alpha value is -2.42. The summed E-state index contributed by atoms with van der Waals surface area (Å²) in [6.07, 6.45) is 3.47. The van der Waals surface area contributed by atoms with Crippen LogP contribution in [0.5, 0.6) is 0 Å². The van der Waals surface area contributed by atoms with E-state index in [0.717, 1.165) is 0 Å². The molecule has 0 fully saturated rings. The first-order valence-electron chi connectivity index (χ1n) is 7.33. The van der Waals surface area contributed by atoms with Crippen molar-refractivity contribution in [1.29, 1.82) is 0 Å². The molecule has 1 heterocycles. The van der Waals surface area contributed by atoms with Gasteiger partial charge in [-0.15, -0.1) is 0 Å². The van der Waals surface area contributed by atoms with Crippen LogP contribution in [0.1, 0.15) is 26.0 Å². The lowest BCUT2D eigenvalue weighted by atomic mass is 10.0. The fourth-order valence-corrected chi connectivity index (χ4v) is 2.04. The first-order chi connectivity index (χ1) is 10.8. The summed E-state index contributed by atoms with van der Waals surface area (Å²) in [5.74, 6) is -2.10. The number of nitrogens with two attached hydrogens (primary N) is 1. The van der Waals surface area contributed by atoms with Crippen molar-refractivity contribution in [2.45, 2.75) is 38.8 Å². The van der Waals surface area contributed by atoms with E-state index in [2.05, 4.69) is 20.6 Å². The number of aliphatic carboxylic acids is 1. The second kappa shape index (κ2) is 8.89. The first-order valence-corrected chi connectivity index (χ1v) is 7.33. The molecule has 0 radical (unpaired) electrons. The maximum atomic E-state index is 12.3. The highest BCUT2D eigenvalue weighted by molar-refractivity contribution is 5.90. The van der Waals surface area contributed by atoms with Crippen LogP contribution < -0.4 is 16.4 Å². The van der Waals surface area contributed by atoms with Gasteiger partial charge in [0, 0.05) is 12.6 Å². The van der Waals surface area contributed by atoms with Gasteiger partial charge in [-0.2, -0.15) is 0 Å². The third kappa shape index (κ3) is 6.47. The molecule has 0 spiro atoms. The number of imidazole rings is 1. The number of carboxylic acid groups (broad SMARTS) is 1. The summed E-state index contributed by atoms with van der Waals surface area (Å²) in [4.78, 5) is 41.8. The van der Waals surface area contributed by atoms with E-state index < -0.39 is 29.9 Å². The monoisotopic (exact) mass is 325 g/mol. The molecule has 1 aromatic heterocycles. The molecule has 23 heavy (non-hydrogen) atoms. The van der Waals surface area contributed by atoms with Gasteiger partial charge in [0.05, 0.1) is 18.6 Å². The van der Waals surface area contributed by atoms with Crippen molar-refractivity contribution in [2.24, 2.45) is 11.7 Å². The third-order valence-electron chi connectivity index (χ3n) is 3.13. The van der Waals surface area contributed by atoms with E-state index in [0.29, 0.717) is 12.1 Å². The van der Waals surface area contributed by atoms with Crippen LogP contribution in [0.15, 0.2) is 12.5 Å². The number of nitrogens with zero attached hydrogens (tertiary/aromatic N) is 1. The number of aromatic amines is 1. The fourth-order valence-electron chi connectivity index (χ4n) is 2.04. The Labute approximate surface area is 134 Å². The zero-order chi connectivity index (χ0) is 17.4. The Kier molecular flexibility index (Phi) is 7.20. The van der Waals surface area contributed by atoms with Crippen LogP contribution in [-0.2, 0) is 20.8 Å². The maximum absolute atomic E-state index is 12.3. The Morgan fingerprint density at radius 2 is 2.00 bits per heavy atom. The molecule has 0 aromatic carbocycles. The molecule has 0 unspecified atom stereocenters. The minimum absolute atomic E-state index is 0.0971. The quantitative estimate of drug-likeness (QED) is 0.393. The van der Waals surface area contributed by atoms with E-state index in [1.165, 1.54) is 6.33 Å². The van der Waals surface area contributed by atoms with Crippen molar-refractivity contribution in [3.8, 4) is 0 Å². The van der Waals surface area contributed by atoms with E-state index in [9.17, 15) is 19.5 Å². The molecule has 128 valence electrons. The molecule has 9 heteroatoms. The van der Waals surface area contributed by atoms with Crippen LogP contribution in [0.2, 0.25) is 0 Å². The summed E-state index contributed by atoms with van der Waals surface area (Å²) in [5.41, 5.74) is 5.82. The number of rotatable bonds is 9. The topological polar surface area (TPSA) is 150 Å². The average Bonchev–Trinajstić information content (AvgIpc) is 2.97. The first kappa shape index (κ1) is 18.6. The van der Waals surface area contributed by atoms with E-state index in [1.54, 1.807) is 6.20 Å². The Balaban J connectivity index is 2.80. The van der Waals surface area contributed by atoms with Crippen molar-refractivity contribution < 1.29 is 19.5 Å². The van der Waals surface area contributed by atoms with Crippen LogP contribution in [0.4, 0.5) is 0 Å². The summed E-state index contributed by atoms with van der Waals surface area (Å²) in [5, 5.41) is 14.1. The standard InChI is InChI=1S/C14H23N5O4/c1-8(2)3-11(14(22)23)19-13(21)10(18-12(20)5-15)4-9-6-16-7-17-9/h6-8,10-11H,3-5,15H2,1-2H3,(H,16,17)(H,18,20)(H,19,21)(H,22,23)/t10-,11-/m0/s1. The van der Waals surface area contributed by atoms with E-state index >= 15 is 0 Å². The van der Waals surface area contributed by atoms with Crippen LogP contribution >= 0.6 is 0 Å². The van der Waals surface area contributed by atoms with Crippen molar-refractivity contribution in [1.82, 2.24) is 20.6 Å². The largest absolute Gasteiger partial charge is 0.480 e. The Morgan fingerprint density at radius 3 is 2.48 bits per heavy atom. The van der Waals surface area contributed by atoms with Crippen molar-refractivity contribution in [3.63, 3.8) is 0 Å². The lowest BCUT2D eigenvalue weighted by Gasteiger charge is -2.21. The summed E-state index contributed by atoms with van der Waals surface area (Å²) in [6, 6.07) is -1.96. The highest BCUT2D eigenvalue weighted by Gasteiger charge is 2.27. The zero-order valence-electron chi connectivity index (χ0n) is 13.2. The second-order valence-electron chi connectivity index (χ2n) is 5.62. The van der Waals surface area contributed by atoms with Crippen molar-refractivity contribution >= 4 is 17.8 Å². The second-order valence-corrected chi connectivity index (χ2v) is 5.62. The lowest BCUT2D eigenvalue weighted by molar-refractivity contribution is -0.142. The van der Waals surface area contributed by atoms with Crippen LogP contribution in [0.25, 0.3) is 0 Å². The molecular formula is C14H23N5O4. The summed E-state index contributed by atoms with van der Waals surface area (Å²) >= 11 is 0. The smallest absolute Gasteiger partial charge is 0.326 e. The number of amides is 2. The number of hydrogen-bond donors (Lipinski definition) is 5. The molecule has 1 rings (SSSR count). The molecule has 2 atom stereocenters. The predicted octanol–water partition coefficient (Wildman–Crippen LogP) is -0.989. The van der Waals surface area contributed by atoms with Crippen LogP contribution in [0, 0.1) is 5.92 Å². The SMILES string of the molecule is CC(C)C[C@H](NC(=O)[C@H](Cc1c[nH]cn1)NC(=O)CN)C(=O)O. The number of hydrogen-bond acceptors (Lipinski definition) is 5. The van der Waals surface area contributed by atoms with Crippen molar-refractivity contribution in [2.75, 3.05) is 6.54 Å². The van der Waals surface area contributed by atoms with Gasteiger partial charge in [0.15, 0.2) is 0 Å². The Bertz CT molecular complexity index is 529. The molecule has 1 aromatic rings. The number of carbonyl (C=O) groups excluding carboxylic acids is 2. The van der Waals surface area contributed by atoms with Gasteiger partial charge in [-0.3, -0.25) is 9.59 Å². The fraction of sp³-hybridized carbons (Fsp3) is 0.571. The molecule has 0 saturated heterocycles. The van der Waals surface area contributed by atoms with Gasteiger partial charge < -0.3 is 26.5 Å². The van der Waals surface area contributed by atoms with Crippen LogP contribution in [-0.4, -0.2) is 51.5 Å². The van der Waals surface area contributed by atoms with Crippen molar-refractivity contribution in [3.05, 3.63) is 18.2 Å². The highest BCUT2D eigenvalue weighted by atomic mass is 16.4. The zero-order valence-corrected chi connectivity index (χ0v) is 13.2. The summed E-state index contributed by atoms with van der Waals surface area (Å²) in [7, 11) is 0. The molecule has 0 aliphatic carbocycles. The maximum Gasteiger partial charge on any atom is 0.326 e. The van der Waals surface area contributed by atoms with E-state index in [4.69, 9.17) is 5.73 Å². The van der Waals surface area contributed by atoms with Gasteiger partial charge in [0.2, 0.25) is 11.8 Å². The number of nitrogens with one attached hydrogen (secondary N) is 3. The van der Waals surface area contributed by atoms with Gasteiger partial charge in [-0.05, 0) is 12.3 Å². The van der Waals surface area contributed by atoms with Gasteiger partial charge in [0.25, 0.3) is 0 Å². The minimum atomic E-state index is -1.12. The Morgan fingerprint density at radius 1 is 1.30 bits per heavy atom. The lowest BCUT2D eigenvalue weighted by Crippen LogP contribution is -2.53. The minimum Gasteiger partial charge on any atom is -0.480 e. The molecule has 2 amide bonds. The van der Waals surface area contributed by atoms with Gasteiger partial charge in [0.1, 0.15) is 12.1 Å². The van der Waals surface area contributed by atoms with Gasteiger partial charge in [-0.1, -0.05) is 13.8 Å². The summed E-state index contributed by atoms with van der Waals surface area (Å²) < 4.78 is 0. The average molecular weight is 325 g/mol. The molecule has 9 nitrogen and oxygen atoms in total. The normalized spacial score (nSPS) is 13.4. The molecule has 0 aliphatic rings. The highest BCUT2D eigenvalue weighted by Crippen LogP contribution is 2.06. The molecule has 6 N–H and O–H groups in total. The number of aromatic nitrogens is 2. The number of carboxylic acids is 1.